The lowest BCUT2D eigenvalue weighted by atomic mass is 10.1. The Morgan fingerprint density at radius 1 is 0.960 bits per heavy atom. The highest BCUT2D eigenvalue weighted by Crippen LogP contribution is 1.97. The predicted molar refractivity (Wildman–Crippen MR) is 109 cm³/mol. The van der Waals surface area contributed by atoms with Crippen molar-refractivity contribution in [1.29, 1.82) is 0 Å². The zero-order valence-electron chi connectivity index (χ0n) is 14.0. The Morgan fingerprint density at radius 2 is 1.52 bits per heavy atom. The Morgan fingerprint density at radius 3 is 2.08 bits per heavy atom. The quantitative estimate of drug-likeness (QED) is 0.255. The lowest BCUT2D eigenvalue weighted by molar-refractivity contribution is 0.107. The van der Waals surface area contributed by atoms with E-state index in [-0.39, 0.29) is 10.9 Å². The van der Waals surface area contributed by atoms with E-state index in [1.165, 1.54) is 0 Å². The highest BCUT2D eigenvalue weighted by atomic mass is 32.1. The Balaban J connectivity index is 2.47. The fraction of sp³-hybridized carbons (Fsp3) is 0.200. The van der Waals surface area contributed by atoms with Crippen molar-refractivity contribution in [2.45, 2.75) is 13.8 Å². The number of thiocarbonyl (C=S) groups is 2. The van der Waals surface area contributed by atoms with Crippen molar-refractivity contribution in [2.75, 3.05) is 7.05 Å². The molecule has 0 saturated heterocycles. The summed E-state index contributed by atoms with van der Waals surface area (Å²) in [7, 11) is 1.69. The molecule has 8 nitrogen and oxygen atoms in total. The molecule has 1 rings (SSSR count). The van der Waals surface area contributed by atoms with Crippen LogP contribution < -0.4 is 21.6 Å². The van der Waals surface area contributed by atoms with Gasteiger partial charge in [-0.15, -0.1) is 0 Å². The van der Waals surface area contributed by atoms with Crippen LogP contribution in [0.15, 0.2) is 45.6 Å². The lowest BCUT2D eigenvalue weighted by Crippen LogP contribution is -2.31. The third kappa shape index (κ3) is 8.08. The van der Waals surface area contributed by atoms with Crippen LogP contribution in [0.1, 0.15) is 24.2 Å². The summed E-state index contributed by atoms with van der Waals surface area (Å²) in [6.07, 6.45) is 1.15. The van der Waals surface area contributed by atoms with E-state index >= 15 is 0 Å². The van der Waals surface area contributed by atoms with E-state index in [4.69, 9.17) is 24.4 Å². The number of hydrogen-bond donors (Lipinski definition) is 4. The molecule has 0 atom stereocenters. The third-order valence-electron chi connectivity index (χ3n) is 2.81. The molecule has 0 radical (unpaired) electrons. The van der Waals surface area contributed by atoms with E-state index < -0.39 is 0 Å². The highest BCUT2D eigenvalue weighted by molar-refractivity contribution is 7.80. The average Bonchev–Trinajstić information content (AvgIpc) is 2.64. The van der Waals surface area contributed by atoms with Crippen LogP contribution in [-0.4, -0.2) is 40.7 Å². The normalized spacial score (nSPS) is 11.8. The zero-order valence-corrected chi connectivity index (χ0v) is 15.7. The van der Waals surface area contributed by atoms with Gasteiger partial charge in [-0.05, 0) is 38.3 Å². The topological polar surface area (TPSA) is 102 Å². The highest BCUT2D eigenvalue weighted by Gasteiger charge is 2.01. The number of carbonyl (C=O) groups excluding carboxylic acids is 1. The van der Waals surface area contributed by atoms with Crippen LogP contribution in [0.3, 0.4) is 0 Å². The van der Waals surface area contributed by atoms with E-state index in [1.54, 1.807) is 45.2 Å². The number of nitrogens with zero attached hydrogens (tertiary/aromatic N) is 3. The minimum atomic E-state index is -0.231. The number of benzene rings is 1. The molecule has 0 unspecified atom stereocenters. The molecule has 25 heavy (non-hydrogen) atoms. The van der Waals surface area contributed by atoms with Crippen LogP contribution in [0.2, 0.25) is 0 Å². The molecule has 0 aliphatic rings. The standard InChI is InChI=1S/C15H19N7OS2/c1-10(18-21-14(24)16-3)11(2)19-22-15(25)20-17-9-13(23)12-7-5-4-6-8-12/h4-9H,1-3H3,(H2,16,21,24)(H2,20,22,25)/b17-9+,18-10?,19-11?. The zero-order chi connectivity index (χ0) is 18.7. The van der Waals surface area contributed by atoms with Gasteiger partial charge in [0.2, 0.25) is 10.9 Å². The lowest BCUT2D eigenvalue weighted by Gasteiger charge is -2.05. The second-order valence-corrected chi connectivity index (χ2v) is 5.44. The number of hydrogen-bond acceptors (Lipinski definition) is 6. The van der Waals surface area contributed by atoms with Gasteiger partial charge in [0.05, 0.1) is 17.6 Å². The summed E-state index contributed by atoms with van der Waals surface area (Å²) in [6, 6.07) is 8.79. The minimum Gasteiger partial charge on any atom is -0.364 e. The van der Waals surface area contributed by atoms with Crippen LogP contribution >= 0.6 is 24.4 Å². The first-order chi connectivity index (χ1) is 11.9. The van der Waals surface area contributed by atoms with Crippen LogP contribution in [0.4, 0.5) is 0 Å². The predicted octanol–water partition coefficient (Wildman–Crippen LogP) is 1.16. The van der Waals surface area contributed by atoms with Gasteiger partial charge in [0.25, 0.3) is 0 Å². The number of hydrazone groups is 3. The SMILES string of the molecule is CNC(=S)NN=C(C)C(C)=NNC(=S)N/N=C/C(=O)c1ccccc1. The second kappa shape index (κ2) is 10.9. The summed E-state index contributed by atoms with van der Waals surface area (Å²) in [5.41, 5.74) is 9.53. The number of nitrogens with one attached hydrogen (secondary N) is 4. The monoisotopic (exact) mass is 377 g/mol. The molecule has 0 aliphatic carbocycles. The van der Waals surface area contributed by atoms with Crippen molar-refractivity contribution in [2.24, 2.45) is 15.3 Å². The first-order valence-corrected chi connectivity index (χ1v) is 8.00. The molecule has 0 heterocycles. The van der Waals surface area contributed by atoms with Gasteiger partial charge in [0.1, 0.15) is 0 Å². The van der Waals surface area contributed by atoms with E-state index in [2.05, 4.69) is 36.9 Å². The van der Waals surface area contributed by atoms with E-state index in [0.29, 0.717) is 22.1 Å². The van der Waals surface area contributed by atoms with Crippen LogP contribution in [-0.2, 0) is 0 Å². The van der Waals surface area contributed by atoms with Gasteiger partial charge in [0, 0.05) is 12.6 Å². The van der Waals surface area contributed by atoms with Gasteiger partial charge in [-0.2, -0.15) is 15.3 Å². The molecule has 10 heteroatoms. The van der Waals surface area contributed by atoms with Crippen LogP contribution in [0.25, 0.3) is 0 Å². The maximum Gasteiger partial charge on any atom is 0.207 e. The Labute approximate surface area is 156 Å². The smallest absolute Gasteiger partial charge is 0.207 e. The Bertz CT molecular complexity index is 714. The van der Waals surface area contributed by atoms with Gasteiger partial charge in [0.15, 0.2) is 5.11 Å². The molecule has 0 aliphatic heterocycles. The van der Waals surface area contributed by atoms with Gasteiger partial charge in [-0.1, -0.05) is 30.3 Å². The van der Waals surface area contributed by atoms with Crippen molar-refractivity contribution >= 4 is 58.1 Å². The third-order valence-corrected chi connectivity index (χ3v) is 3.29. The first-order valence-electron chi connectivity index (χ1n) is 7.19. The molecular formula is C15H19N7OS2. The molecule has 0 bridgehead atoms. The summed E-state index contributed by atoms with van der Waals surface area (Å²) in [5.74, 6) is -0.231. The molecular weight excluding hydrogens is 358 g/mol. The van der Waals surface area contributed by atoms with Gasteiger partial charge in [-0.3, -0.25) is 21.1 Å². The fourth-order valence-corrected chi connectivity index (χ4v) is 1.48. The van der Waals surface area contributed by atoms with Crippen molar-refractivity contribution in [1.82, 2.24) is 21.6 Å². The molecule has 0 spiro atoms. The fourth-order valence-electron chi connectivity index (χ4n) is 1.34. The van der Waals surface area contributed by atoms with E-state index in [0.717, 1.165) is 6.21 Å². The molecule has 0 saturated carbocycles. The Kier molecular flexibility index (Phi) is 8.90. The van der Waals surface area contributed by atoms with Crippen LogP contribution in [0.5, 0.6) is 0 Å². The van der Waals surface area contributed by atoms with Crippen molar-refractivity contribution in [3.63, 3.8) is 0 Å². The summed E-state index contributed by atoms with van der Waals surface area (Å²) in [4.78, 5) is 11.8. The average molecular weight is 377 g/mol. The van der Waals surface area contributed by atoms with Crippen molar-refractivity contribution < 1.29 is 4.79 Å². The summed E-state index contributed by atoms with van der Waals surface area (Å²) < 4.78 is 0. The maximum atomic E-state index is 11.8. The van der Waals surface area contributed by atoms with Crippen LogP contribution in [0, 0.1) is 0 Å². The summed E-state index contributed by atoms with van der Waals surface area (Å²) >= 11 is 9.92. The molecule has 0 aromatic heterocycles. The number of carbonyl (C=O) groups is 1. The molecule has 0 fully saturated rings. The second-order valence-electron chi connectivity index (χ2n) is 4.63. The first kappa shape index (κ1) is 20.3. The molecule has 1 aromatic rings. The number of ketones is 1. The minimum absolute atomic E-state index is 0.142. The molecule has 0 amide bonds. The molecule has 132 valence electrons. The molecule has 1 aromatic carbocycles. The van der Waals surface area contributed by atoms with Crippen molar-refractivity contribution in [3.05, 3.63) is 35.9 Å². The number of Topliss-reactive ketones (excluding diaryl/α,β-unsaturated/α-hetero) is 1. The Hall–Kier alpha value is -2.72. The van der Waals surface area contributed by atoms with Crippen molar-refractivity contribution in [3.8, 4) is 0 Å². The van der Waals surface area contributed by atoms with E-state index in [9.17, 15) is 4.79 Å². The summed E-state index contributed by atoms with van der Waals surface area (Å²) in [5, 5.41) is 15.2. The van der Waals surface area contributed by atoms with Gasteiger partial charge in [-0.25, -0.2) is 0 Å². The largest absolute Gasteiger partial charge is 0.364 e. The van der Waals surface area contributed by atoms with Gasteiger partial charge < -0.3 is 5.32 Å². The van der Waals surface area contributed by atoms with Gasteiger partial charge >= 0.3 is 0 Å². The summed E-state index contributed by atoms with van der Waals surface area (Å²) in [6.45, 7) is 3.51. The molecule has 4 N–H and O–H groups in total. The van der Waals surface area contributed by atoms with E-state index in [1.807, 2.05) is 6.07 Å². The maximum absolute atomic E-state index is 11.8. The number of rotatable bonds is 6.